The Morgan fingerprint density at radius 3 is 1.77 bits per heavy atom. The molecule has 0 N–H and O–H groups in total. The predicted molar refractivity (Wildman–Crippen MR) is 92.8 cm³/mol. The summed E-state index contributed by atoms with van der Waals surface area (Å²) in [6.45, 7) is 2.13. The van der Waals surface area contributed by atoms with E-state index >= 15 is 0 Å². The van der Waals surface area contributed by atoms with E-state index in [1.54, 1.807) is 7.11 Å². The van der Waals surface area contributed by atoms with Gasteiger partial charge in [-0.2, -0.15) is 0 Å². The minimum Gasteiger partial charge on any atom is -0.491 e. The number of rotatable bonds is 4. The Labute approximate surface area is 134 Å². The first-order valence-corrected chi connectivity index (χ1v) is 8.51. The van der Waals surface area contributed by atoms with E-state index in [2.05, 4.69) is 85.8 Å². The monoisotopic (exact) mass is 307 g/mol. The fraction of sp³-hybridized carbons (Fsp3) is 0.100. The van der Waals surface area contributed by atoms with Crippen LogP contribution < -0.4 is 4.74 Å². The van der Waals surface area contributed by atoms with Gasteiger partial charge in [0.15, 0.2) is 15.5 Å². The molecule has 0 aliphatic rings. The highest BCUT2D eigenvalue weighted by Gasteiger charge is 2.31. The number of benzene rings is 3. The summed E-state index contributed by atoms with van der Waals surface area (Å²) < 4.78 is 5.63. The van der Waals surface area contributed by atoms with E-state index in [9.17, 15) is 0 Å². The van der Waals surface area contributed by atoms with Crippen LogP contribution in [0.25, 0.3) is 0 Å². The Morgan fingerprint density at radius 2 is 1.27 bits per heavy atom. The molecule has 0 radical (unpaired) electrons. The fourth-order valence-corrected chi connectivity index (χ4v) is 4.74. The molecule has 0 amide bonds. The van der Waals surface area contributed by atoms with Crippen LogP contribution in [0, 0.1) is 6.92 Å². The van der Waals surface area contributed by atoms with E-state index in [0.29, 0.717) is 0 Å². The topological polar surface area (TPSA) is 9.23 Å². The van der Waals surface area contributed by atoms with Crippen LogP contribution >= 0.6 is 0 Å². The van der Waals surface area contributed by atoms with Crippen LogP contribution in [0.15, 0.2) is 93.5 Å². The second-order valence-electron chi connectivity index (χ2n) is 5.09. The molecular weight excluding hydrogens is 288 g/mol. The van der Waals surface area contributed by atoms with Gasteiger partial charge in [0.2, 0.25) is 4.90 Å². The molecule has 22 heavy (non-hydrogen) atoms. The maximum atomic E-state index is 5.63. The van der Waals surface area contributed by atoms with Crippen LogP contribution in [0.5, 0.6) is 5.75 Å². The van der Waals surface area contributed by atoms with Crippen LogP contribution in [-0.2, 0) is 10.9 Å². The summed E-state index contributed by atoms with van der Waals surface area (Å²) in [6, 6.07) is 27.7. The lowest BCUT2D eigenvalue weighted by molar-refractivity contribution is 0.404. The van der Waals surface area contributed by atoms with E-state index in [1.807, 2.05) is 0 Å². The van der Waals surface area contributed by atoms with Gasteiger partial charge in [-0.15, -0.1) is 0 Å². The smallest absolute Gasteiger partial charge is 0.208 e. The summed E-state index contributed by atoms with van der Waals surface area (Å²) in [7, 11) is 1.58. The molecule has 3 rings (SSSR count). The summed E-state index contributed by atoms with van der Waals surface area (Å²) in [5.74, 6) is 0.946. The molecule has 0 bridgehead atoms. The predicted octanol–water partition coefficient (Wildman–Crippen LogP) is 5.10. The number of methoxy groups -OCH3 is 1. The van der Waals surface area contributed by atoms with Gasteiger partial charge in [0.25, 0.3) is 0 Å². The van der Waals surface area contributed by atoms with Gasteiger partial charge in [-0.25, -0.2) is 0 Å². The van der Waals surface area contributed by atoms with Crippen molar-refractivity contribution in [3.8, 4) is 5.75 Å². The van der Waals surface area contributed by atoms with Gasteiger partial charge in [-0.05, 0) is 42.8 Å². The molecule has 0 aromatic heterocycles. The molecule has 0 heterocycles. The van der Waals surface area contributed by atoms with E-state index in [-0.39, 0.29) is 10.9 Å². The normalized spacial score (nSPS) is 10.7. The van der Waals surface area contributed by atoms with Crippen molar-refractivity contribution in [3.05, 3.63) is 84.4 Å². The van der Waals surface area contributed by atoms with Crippen molar-refractivity contribution in [3.63, 3.8) is 0 Å². The van der Waals surface area contributed by atoms with Crippen molar-refractivity contribution in [1.29, 1.82) is 0 Å². The molecule has 0 spiro atoms. The average Bonchev–Trinajstić information content (AvgIpc) is 2.57. The SMILES string of the molecule is COc1ccc(C)cc1[S+](c1ccccc1)c1ccccc1. The summed E-state index contributed by atoms with van der Waals surface area (Å²) in [6.07, 6.45) is 0. The summed E-state index contributed by atoms with van der Waals surface area (Å²) in [5, 5.41) is 0. The van der Waals surface area contributed by atoms with Gasteiger partial charge in [0.05, 0.1) is 7.11 Å². The Balaban J connectivity index is 2.21. The number of aryl methyl sites for hydroxylation is 1. The van der Waals surface area contributed by atoms with Crippen LogP contribution in [0.2, 0.25) is 0 Å². The average molecular weight is 307 g/mol. The van der Waals surface area contributed by atoms with Crippen LogP contribution in [0.4, 0.5) is 0 Å². The molecule has 0 aliphatic carbocycles. The molecule has 0 saturated heterocycles. The zero-order chi connectivity index (χ0) is 15.4. The highest BCUT2D eigenvalue weighted by molar-refractivity contribution is 7.97. The molecule has 0 fully saturated rings. The van der Waals surface area contributed by atoms with Crippen molar-refractivity contribution >= 4 is 10.9 Å². The Bertz CT molecular complexity index is 699. The van der Waals surface area contributed by atoms with Crippen LogP contribution in [0.3, 0.4) is 0 Å². The lowest BCUT2D eigenvalue weighted by Gasteiger charge is -2.11. The van der Waals surface area contributed by atoms with Crippen molar-refractivity contribution in [2.45, 2.75) is 21.6 Å². The van der Waals surface area contributed by atoms with Gasteiger partial charge in [-0.1, -0.05) is 42.5 Å². The van der Waals surface area contributed by atoms with Crippen LogP contribution in [0.1, 0.15) is 5.56 Å². The Kier molecular flexibility index (Phi) is 4.50. The summed E-state index contributed by atoms with van der Waals surface area (Å²) in [5.41, 5.74) is 1.25. The number of hydrogen-bond acceptors (Lipinski definition) is 1. The lowest BCUT2D eigenvalue weighted by atomic mass is 10.2. The maximum Gasteiger partial charge on any atom is 0.208 e. The third-order valence-electron chi connectivity index (χ3n) is 3.50. The molecule has 3 aromatic rings. The molecule has 0 unspecified atom stereocenters. The standard InChI is InChI=1S/C20H19OS/c1-16-13-14-19(21-2)20(15-16)22(17-9-5-3-6-10-17)18-11-7-4-8-12-18/h3-15H,1-2H3/q+1. The minimum absolute atomic E-state index is 0.161. The van der Waals surface area contributed by atoms with Gasteiger partial charge in [0, 0.05) is 6.07 Å². The molecule has 2 heteroatoms. The maximum absolute atomic E-state index is 5.63. The zero-order valence-electron chi connectivity index (χ0n) is 12.8. The van der Waals surface area contributed by atoms with Crippen molar-refractivity contribution in [1.82, 2.24) is 0 Å². The van der Waals surface area contributed by atoms with Gasteiger partial charge < -0.3 is 4.74 Å². The van der Waals surface area contributed by atoms with Gasteiger partial charge in [0.1, 0.15) is 10.9 Å². The highest BCUT2D eigenvalue weighted by atomic mass is 32.2. The summed E-state index contributed by atoms with van der Waals surface area (Å²) in [4.78, 5) is 3.84. The van der Waals surface area contributed by atoms with E-state index in [0.717, 1.165) is 5.75 Å². The first-order valence-electron chi connectivity index (χ1n) is 7.28. The molecule has 0 aliphatic heterocycles. The lowest BCUT2D eigenvalue weighted by Crippen LogP contribution is -2.06. The quantitative estimate of drug-likeness (QED) is 0.609. The summed E-state index contributed by atoms with van der Waals surface area (Å²) >= 11 is 0. The number of ether oxygens (including phenoxy) is 1. The molecule has 0 atom stereocenters. The molecule has 1 nitrogen and oxygen atoms in total. The van der Waals surface area contributed by atoms with Gasteiger partial charge in [-0.3, -0.25) is 0 Å². The largest absolute Gasteiger partial charge is 0.491 e. The second kappa shape index (κ2) is 6.71. The first kappa shape index (κ1) is 14.7. The molecule has 0 saturated carbocycles. The van der Waals surface area contributed by atoms with E-state index < -0.39 is 0 Å². The molecule has 3 aromatic carbocycles. The van der Waals surface area contributed by atoms with Crippen molar-refractivity contribution in [2.24, 2.45) is 0 Å². The zero-order valence-corrected chi connectivity index (χ0v) is 13.6. The van der Waals surface area contributed by atoms with Crippen LogP contribution in [-0.4, -0.2) is 7.11 Å². The van der Waals surface area contributed by atoms with Crippen molar-refractivity contribution < 1.29 is 4.74 Å². The third kappa shape index (κ3) is 3.02. The fourth-order valence-electron chi connectivity index (χ4n) is 2.45. The minimum atomic E-state index is -0.161. The molecular formula is C20H19OS+. The first-order chi connectivity index (χ1) is 10.8. The van der Waals surface area contributed by atoms with Gasteiger partial charge >= 0.3 is 0 Å². The number of hydrogen-bond donors (Lipinski definition) is 0. The Hall–Kier alpha value is -2.19. The second-order valence-corrected chi connectivity index (χ2v) is 7.08. The highest BCUT2D eigenvalue weighted by Crippen LogP contribution is 2.36. The van der Waals surface area contributed by atoms with E-state index in [1.165, 1.54) is 20.2 Å². The Morgan fingerprint density at radius 1 is 0.727 bits per heavy atom. The molecule has 110 valence electrons. The van der Waals surface area contributed by atoms with Crippen molar-refractivity contribution in [2.75, 3.05) is 7.11 Å². The third-order valence-corrected chi connectivity index (χ3v) is 5.74. The van der Waals surface area contributed by atoms with E-state index in [4.69, 9.17) is 4.74 Å².